The number of rotatable bonds is 9. The van der Waals surface area contributed by atoms with Gasteiger partial charge in [-0.05, 0) is 17.7 Å². The summed E-state index contributed by atoms with van der Waals surface area (Å²) in [6.45, 7) is 16.5. The maximum Gasteiger partial charge on any atom is 0.176 e. The quantitative estimate of drug-likeness (QED) is 0.395. The van der Waals surface area contributed by atoms with Gasteiger partial charge in [-0.15, -0.1) is 0 Å². The monoisotopic (exact) mass is 280 g/mol. The van der Waals surface area contributed by atoms with Crippen LogP contribution in [-0.2, 0) is 8.83 Å². The molecule has 2 nitrogen and oxygen atoms in total. The predicted molar refractivity (Wildman–Crippen MR) is 81.2 cm³/mol. The van der Waals surface area contributed by atoms with E-state index in [9.17, 15) is 0 Å². The van der Waals surface area contributed by atoms with Crippen molar-refractivity contribution in [3.05, 3.63) is 0 Å². The van der Waals surface area contributed by atoms with Crippen LogP contribution in [0, 0.1) is 0 Å². The molecular weight excluding hydrogens is 250 g/mol. The Hall–Kier alpha value is 0.780. The standard InChI is InChI=1S/C13H30O2P2/c1-8-9-10-14-17(13(6)7)15-16(11(2)3)12(4)5/h11-13H,8-10H2,1-7H3. The van der Waals surface area contributed by atoms with Gasteiger partial charge in [0.2, 0.25) is 0 Å². The van der Waals surface area contributed by atoms with Crippen molar-refractivity contribution >= 4 is 16.5 Å². The Morgan fingerprint density at radius 3 is 1.76 bits per heavy atom. The van der Waals surface area contributed by atoms with Crippen LogP contribution in [0.15, 0.2) is 0 Å². The van der Waals surface area contributed by atoms with Crippen molar-refractivity contribution in [2.45, 2.75) is 78.3 Å². The highest BCUT2D eigenvalue weighted by Gasteiger charge is 2.25. The van der Waals surface area contributed by atoms with Gasteiger partial charge < -0.3 is 8.83 Å². The largest absolute Gasteiger partial charge is 0.334 e. The van der Waals surface area contributed by atoms with Crippen molar-refractivity contribution in [3.63, 3.8) is 0 Å². The van der Waals surface area contributed by atoms with E-state index in [4.69, 9.17) is 8.83 Å². The minimum absolute atomic E-state index is 0.367. The zero-order valence-corrected chi connectivity index (χ0v) is 14.4. The number of hydrogen-bond acceptors (Lipinski definition) is 2. The second-order valence-electron chi connectivity index (χ2n) is 5.19. The smallest absolute Gasteiger partial charge is 0.176 e. The molecule has 0 aromatic heterocycles. The lowest BCUT2D eigenvalue weighted by atomic mass is 10.4. The normalized spacial score (nSPS) is 14.3. The van der Waals surface area contributed by atoms with E-state index in [-0.39, 0.29) is 8.15 Å². The molecule has 0 bridgehead atoms. The van der Waals surface area contributed by atoms with Gasteiger partial charge in [0.1, 0.15) is 0 Å². The van der Waals surface area contributed by atoms with Crippen molar-refractivity contribution < 1.29 is 8.83 Å². The zero-order valence-electron chi connectivity index (χ0n) is 12.6. The molecule has 0 rings (SSSR count). The second kappa shape index (κ2) is 9.68. The summed E-state index contributed by atoms with van der Waals surface area (Å²) in [5, 5.41) is 0. The maximum atomic E-state index is 6.29. The number of unbranched alkanes of at least 4 members (excludes halogenated alkanes) is 1. The lowest BCUT2D eigenvalue weighted by Crippen LogP contribution is -2.08. The third-order valence-corrected chi connectivity index (χ3v) is 7.04. The molecule has 0 aromatic rings. The van der Waals surface area contributed by atoms with E-state index in [2.05, 4.69) is 48.5 Å². The van der Waals surface area contributed by atoms with Gasteiger partial charge in [0.25, 0.3) is 0 Å². The molecule has 0 heterocycles. The van der Waals surface area contributed by atoms with Gasteiger partial charge in [0, 0.05) is 13.8 Å². The topological polar surface area (TPSA) is 18.5 Å². The van der Waals surface area contributed by atoms with Crippen LogP contribution in [-0.4, -0.2) is 23.6 Å². The summed E-state index contributed by atoms with van der Waals surface area (Å²) in [6.07, 6.45) is 2.32. The van der Waals surface area contributed by atoms with Crippen LogP contribution in [0.3, 0.4) is 0 Å². The number of hydrogen-bond donors (Lipinski definition) is 0. The molecule has 0 aliphatic carbocycles. The molecule has 0 aliphatic rings. The van der Waals surface area contributed by atoms with Crippen molar-refractivity contribution in [2.24, 2.45) is 0 Å². The van der Waals surface area contributed by atoms with Crippen molar-refractivity contribution in [1.82, 2.24) is 0 Å². The van der Waals surface area contributed by atoms with Gasteiger partial charge in [-0.25, -0.2) is 0 Å². The molecule has 0 amide bonds. The van der Waals surface area contributed by atoms with E-state index < -0.39 is 8.38 Å². The summed E-state index contributed by atoms with van der Waals surface area (Å²) in [7, 11) is -1.07. The molecule has 0 aromatic carbocycles. The van der Waals surface area contributed by atoms with Gasteiger partial charge >= 0.3 is 0 Å². The summed E-state index contributed by atoms with van der Waals surface area (Å²) in [5.74, 6) is 0. The third-order valence-electron chi connectivity index (χ3n) is 2.33. The van der Waals surface area contributed by atoms with Gasteiger partial charge in [-0.3, -0.25) is 0 Å². The minimum Gasteiger partial charge on any atom is -0.334 e. The fourth-order valence-electron chi connectivity index (χ4n) is 1.44. The summed E-state index contributed by atoms with van der Waals surface area (Å²) in [4.78, 5) is 0. The van der Waals surface area contributed by atoms with E-state index in [0.717, 1.165) is 13.0 Å². The van der Waals surface area contributed by atoms with Crippen LogP contribution in [0.2, 0.25) is 0 Å². The van der Waals surface area contributed by atoms with Gasteiger partial charge in [0.15, 0.2) is 8.38 Å². The molecule has 1 unspecified atom stereocenters. The fraction of sp³-hybridized carbons (Fsp3) is 1.00. The minimum atomic E-state index is -0.707. The molecule has 0 radical (unpaired) electrons. The molecular formula is C13H30O2P2. The summed E-state index contributed by atoms with van der Waals surface area (Å²) in [5.41, 5.74) is 1.72. The van der Waals surface area contributed by atoms with Crippen LogP contribution in [0.4, 0.5) is 0 Å². The summed E-state index contributed by atoms with van der Waals surface area (Å²) < 4.78 is 12.2. The van der Waals surface area contributed by atoms with Crippen LogP contribution in [0.25, 0.3) is 0 Å². The lowest BCUT2D eigenvalue weighted by Gasteiger charge is -2.30. The molecule has 17 heavy (non-hydrogen) atoms. The first-order valence-corrected chi connectivity index (χ1v) is 9.43. The Bertz CT molecular complexity index is 176. The average Bonchev–Trinajstić information content (AvgIpc) is 2.21. The van der Waals surface area contributed by atoms with Crippen LogP contribution < -0.4 is 0 Å². The van der Waals surface area contributed by atoms with Crippen LogP contribution in [0.1, 0.15) is 61.3 Å². The molecule has 0 fully saturated rings. The Balaban J connectivity index is 4.29. The second-order valence-corrected chi connectivity index (χ2v) is 10.5. The fourth-order valence-corrected chi connectivity index (χ4v) is 6.44. The maximum absolute atomic E-state index is 6.29. The molecule has 0 saturated carbocycles. The predicted octanol–water partition coefficient (Wildman–Crippen LogP) is 5.75. The molecule has 4 heteroatoms. The van der Waals surface area contributed by atoms with E-state index in [1.54, 1.807) is 0 Å². The Kier molecular flexibility index (Phi) is 10.1. The van der Waals surface area contributed by atoms with E-state index in [1.165, 1.54) is 6.42 Å². The summed E-state index contributed by atoms with van der Waals surface area (Å²) in [6, 6.07) is 0. The SMILES string of the molecule is CCCCOP(OP(C(C)C)C(C)C)C(C)C. The van der Waals surface area contributed by atoms with Crippen molar-refractivity contribution in [3.8, 4) is 0 Å². The average molecular weight is 280 g/mol. The Labute approximate surface area is 111 Å². The highest BCUT2D eigenvalue weighted by Crippen LogP contribution is 2.60. The summed E-state index contributed by atoms with van der Waals surface area (Å²) >= 11 is 0. The van der Waals surface area contributed by atoms with Gasteiger partial charge in [-0.1, -0.05) is 54.9 Å². The van der Waals surface area contributed by atoms with Crippen molar-refractivity contribution in [1.29, 1.82) is 0 Å². The van der Waals surface area contributed by atoms with E-state index >= 15 is 0 Å². The Morgan fingerprint density at radius 1 is 0.882 bits per heavy atom. The molecule has 104 valence electrons. The molecule has 0 aliphatic heterocycles. The van der Waals surface area contributed by atoms with Crippen molar-refractivity contribution in [2.75, 3.05) is 6.61 Å². The molecule has 0 N–H and O–H groups in total. The van der Waals surface area contributed by atoms with E-state index in [1.807, 2.05) is 0 Å². The molecule has 0 saturated heterocycles. The van der Waals surface area contributed by atoms with Gasteiger partial charge in [0.05, 0.1) is 6.61 Å². The van der Waals surface area contributed by atoms with Gasteiger partial charge in [-0.2, -0.15) is 0 Å². The lowest BCUT2D eigenvalue weighted by molar-refractivity contribution is 0.306. The first-order chi connectivity index (χ1) is 7.90. The first kappa shape index (κ1) is 17.8. The van der Waals surface area contributed by atoms with E-state index in [0.29, 0.717) is 17.0 Å². The van der Waals surface area contributed by atoms with Crippen LogP contribution in [0.5, 0.6) is 0 Å². The highest BCUT2D eigenvalue weighted by molar-refractivity contribution is 7.64. The zero-order chi connectivity index (χ0) is 13.4. The molecule has 0 spiro atoms. The highest BCUT2D eigenvalue weighted by atomic mass is 31.2. The van der Waals surface area contributed by atoms with Crippen LogP contribution >= 0.6 is 16.5 Å². The first-order valence-electron chi connectivity index (χ1n) is 6.78. The molecule has 1 atom stereocenters. The third kappa shape index (κ3) is 7.73. The Morgan fingerprint density at radius 2 is 1.41 bits per heavy atom.